The van der Waals surface area contributed by atoms with Crippen LogP contribution in [-0.4, -0.2) is 68.1 Å². The molecule has 7 nitrogen and oxygen atoms in total. The number of benzene rings is 2. The van der Waals surface area contributed by atoms with Gasteiger partial charge in [-0.1, -0.05) is 43.2 Å². The van der Waals surface area contributed by atoms with Crippen molar-refractivity contribution in [1.29, 1.82) is 0 Å². The highest BCUT2D eigenvalue weighted by Crippen LogP contribution is 2.25. The van der Waals surface area contributed by atoms with E-state index < -0.39 is 10.0 Å². The van der Waals surface area contributed by atoms with Gasteiger partial charge in [0.2, 0.25) is 10.0 Å². The van der Waals surface area contributed by atoms with E-state index in [0.717, 1.165) is 86.8 Å². The summed E-state index contributed by atoms with van der Waals surface area (Å²) in [6.45, 7) is 6.36. The molecule has 0 N–H and O–H groups in total. The third kappa shape index (κ3) is 5.98. The number of ether oxygens (including phenoxy) is 1. The van der Waals surface area contributed by atoms with E-state index in [1.165, 1.54) is 0 Å². The second-order valence-electron chi connectivity index (χ2n) is 9.30. The first-order valence-corrected chi connectivity index (χ1v) is 15.1. The molecule has 9 heteroatoms. The lowest BCUT2D eigenvalue weighted by molar-refractivity contribution is 0.0363. The number of rotatable bonds is 7. The minimum Gasteiger partial charge on any atom is -0.379 e. The molecule has 0 bridgehead atoms. The average molecular weight is 527 g/mol. The number of morpholine rings is 1. The van der Waals surface area contributed by atoms with Crippen molar-refractivity contribution in [2.45, 2.75) is 37.1 Å². The Balaban J connectivity index is 1.44. The Morgan fingerprint density at radius 1 is 0.833 bits per heavy atom. The predicted molar refractivity (Wildman–Crippen MR) is 144 cm³/mol. The van der Waals surface area contributed by atoms with Crippen LogP contribution >= 0.6 is 11.3 Å². The smallest absolute Gasteiger partial charge is 0.243 e. The van der Waals surface area contributed by atoms with E-state index in [9.17, 15) is 8.42 Å². The number of thiazole rings is 1. The van der Waals surface area contributed by atoms with Crippen molar-refractivity contribution in [2.75, 3.05) is 45.9 Å². The highest BCUT2D eigenvalue weighted by molar-refractivity contribution is 7.89. The van der Waals surface area contributed by atoms with Crippen molar-refractivity contribution in [1.82, 2.24) is 13.8 Å². The summed E-state index contributed by atoms with van der Waals surface area (Å²) >= 11 is 1.61. The molecule has 36 heavy (non-hydrogen) atoms. The Morgan fingerprint density at radius 2 is 1.53 bits per heavy atom. The molecule has 2 aliphatic rings. The van der Waals surface area contributed by atoms with Gasteiger partial charge in [-0.3, -0.25) is 4.90 Å². The van der Waals surface area contributed by atoms with Gasteiger partial charge in [0, 0.05) is 44.6 Å². The minimum absolute atomic E-state index is 0.373. The summed E-state index contributed by atoms with van der Waals surface area (Å²) < 4.78 is 35.9. The fraction of sp³-hybridized carbons (Fsp3) is 0.444. The minimum atomic E-state index is -3.46. The zero-order valence-corrected chi connectivity index (χ0v) is 22.2. The van der Waals surface area contributed by atoms with E-state index in [1.54, 1.807) is 27.8 Å². The van der Waals surface area contributed by atoms with Crippen molar-refractivity contribution < 1.29 is 13.2 Å². The third-order valence-corrected chi connectivity index (χ3v) is 9.65. The van der Waals surface area contributed by atoms with Crippen molar-refractivity contribution in [2.24, 2.45) is 4.99 Å². The van der Waals surface area contributed by atoms with Crippen LogP contribution in [0.15, 0.2) is 69.9 Å². The highest BCUT2D eigenvalue weighted by atomic mass is 32.2. The summed E-state index contributed by atoms with van der Waals surface area (Å²) in [5.74, 6) is 0. The number of aromatic nitrogens is 1. The lowest BCUT2D eigenvalue weighted by Gasteiger charge is -2.26. The van der Waals surface area contributed by atoms with Crippen LogP contribution in [0, 0.1) is 0 Å². The van der Waals surface area contributed by atoms with Crippen LogP contribution in [0.2, 0.25) is 0 Å². The number of hydrogen-bond donors (Lipinski definition) is 0. The van der Waals surface area contributed by atoms with Gasteiger partial charge in [-0.2, -0.15) is 4.31 Å². The van der Waals surface area contributed by atoms with Crippen LogP contribution in [0.1, 0.15) is 25.7 Å². The zero-order chi connectivity index (χ0) is 24.8. The molecule has 0 atom stereocenters. The standard InChI is InChI=1S/C27H34N4O3S2/c32-36(33,30-14-6-1-2-7-15-30)25-12-10-23(11-13-25)26-22-35-27(28-24-8-4-3-5-9-24)31(26)17-16-29-18-20-34-21-19-29/h3-5,8-13,22H,1-2,6-7,14-21H2. The van der Waals surface area contributed by atoms with Crippen LogP contribution in [0.4, 0.5) is 5.69 Å². The topological polar surface area (TPSA) is 67.1 Å². The van der Waals surface area contributed by atoms with Crippen molar-refractivity contribution >= 4 is 27.0 Å². The van der Waals surface area contributed by atoms with Crippen molar-refractivity contribution in [3.63, 3.8) is 0 Å². The Bertz CT molecular complexity index is 1290. The molecule has 2 aromatic carbocycles. The summed E-state index contributed by atoms with van der Waals surface area (Å²) in [5, 5.41) is 2.12. The molecule has 192 valence electrons. The van der Waals surface area contributed by atoms with Crippen LogP contribution in [-0.2, 0) is 21.3 Å². The summed E-state index contributed by atoms with van der Waals surface area (Å²) in [6, 6.07) is 17.4. The van der Waals surface area contributed by atoms with Crippen LogP contribution in [0.5, 0.6) is 0 Å². The van der Waals surface area contributed by atoms with E-state index in [4.69, 9.17) is 9.73 Å². The van der Waals surface area contributed by atoms with Crippen LogP contribution in [0.25, 0.3) is 11.3 Å². The second kappa shape index (κ2) is 11.8. The Morgan fingerprint density at radius 3 is 2.22 bits per heavy atom. The molecule has 0 aliphatic carbocycles. The van der Waals surface area contributed by atoms with Gasteiger partial charge >= 0.3 is 0 Å². The van der Waals surface area contributed by atoms with Gasteiger partial charge < -0.3 is 9.30 Å². The van der Waals surface area contributed by atoms with E-state index >= 15 is 0 Å². The maximum absolute atomic E-state index is 13.2. The molecule has 1 aromatic heterocycles. The van der Waals surface area contributed by atoms with Crippen LogP contribution < -0.4 is 4.80 Å². The van der Waals surface area contributed by atoms with E-state index in [1.807, 2.05) is 42.5 Å². The van der Waals surface area contributed by atoms with E-state index in [-0.39, 0.29) is 0 Å². The maximum atomic E-state index is 13.2. The number of hydrogen-bond acceptors (Lipinski definition) is 6. The molecule has 2 saturated heterocycles. The summed E-state index contributed by atoms with van der Waals surface area (Å²) in [5.41, 5.74) is 2.98. The molecule has 3 aromatic rings. The lowest BCUT2D eigenvalue weighted by Crippen LogP contribution is -2.39. The van der Waals surface area contributed by atoms with Crippen molar-refractivity contribution in [3.8, 4) is 11.3 Å². The molecule has 2 fully saturated rings. The highest BCUT2D eigenvalue weighted by Gasteiger charge is 2.25. The number of para-hydroxylation sites is 1. The molecule has 5 rings (SSSR count). The first kappa shape index (κ1) is 25.4. The largest absolute Gasteiger partial charge is 0.379 e. The molecule has 0 spiro atoms. The fourth-order valence-electron chi connectivity index (χ4n) is 4.77. The van der Waals surface area contributed by atoms with Gasteiger partial charge in [-0.15, -0.1) is 11.3 Å². The number of nitrogens with zero attached hydrogens (tertiary/aromatic N) is 4. The molecular formula is C27H34N4O3S2. The molecular weight excluding hydrogens is 492 g/mol. The zero-order valence-electron chi connectivity index (χ0n) is 20.6. The molecule has 0 unspecified atom stereocenters. The summed E-state index contributed by atoms with van der Waals surface area (Å²) in [4.78, 5) is 8.64. The third-order valence-electron chi connectivity index (χ3n) is 6.88. The molecule has 2 aliphatic heterocycles. The van der Waals surface area contributed by atoms with Gasteiger partial charge in [0.1, 0.15) is 0 Å². The SMILES string of the molecule is O=S(=O)(c1ccc(-c2csc(=Nc3ccccc3)n2CCN2CCOCC2)cc1)N1CCCCCC1. The van der Waals surface area contributed by atoms with Gasteiger partial charge in [0.15, 0.2) is 4.80 Å². The van der Waals surface area contributed by atoms with Gasteiger partial charge in [0.05, 0.1) is 29.5 Å². The molecule has 3 heterocycles. The quantitative estimate of drug-likeness (QED) is 0.459. The van der Waals surface area contributed by atoms with Crippen molar-refractivity contribution in [3.05, 3.63) is 64.8 Å². The monoisotopic (exact) mass is 526 g/mol. The fourth-order valence-corrected chi connectivity index (χ4v) is 7.25. The maximum Gasteiger partial charge on any atom is 0.243 e. The van der Waals surface area contributed by atoms with Gasteiger partial charge in [0.25, 0.3) is 0 Å². The predicted octanol–water partition coefficient (Wildman–Crippen LogP) is 4.35. The van der Waals surface area contributed by atoms with Crippen LogP contribution in [0.3, 0.4) is 0 Å². The summed E-state index contributed by atoms with van der Waals surface area (Å²) in [7, 11) is -3.46. The van der Waals surface area contributed by atoms with Gasteiger partial charge in [-0.25, -0.2) is 13.4 Å². The average Bonchev–Trinajstić information content (AvgIpc) is 3.11. The lowest BCUT2D eigenvalue weighted by atomic mass is 10.2. The Hall–Kier alpha value is -2.30. The molecule has 0 saturated carbocycles. The first-order chi connectivity index (χ1) is 17.6. The summed E-state index contributed by atoms with van der Waals surface area (Å²) in [6.07, 6.45) is 4.07. The first-order valence-electron chi connectivity index (χ1n) is 12.8. The number of sulfonamides is 1. The Labute approximate surface area is 217 Å². The molecule has 0 amide bonds. The van der Waals surface area contributed by atoms with E-state index in [2.05, 4.69) is 14.8 Å². The molecule has 0 radical (unpaired) electrons. The normalized spacial score (nSPS) is 18.8. The van der Waals surface area contributed by atoms with Gasteiger partial charge in [-0.05, 0) is 42.7 Å². The second-order valence-corrected chi connectivity index (χ2v) is 12.1. The van der Waals surface area contributed by atoms with E-state index in [0.29, 0.717) is 18.0 Å². The Kier molecular flexibility index (Phi) is 8.33.